The minimum Gasteiger partial charge on any atom is -0.321 e. The quantitative estimate of drug-likeness (QED) is 0.508. The fourth-order valence-electron chi connectivity index (χ4n) is 2.71. The summed E-state index contributed by atoms with van der Waals surface area (Å²) < 4.78 is 0. The Labute approximate surface area is 171 Å². The van der Waals surface area contributed by atoms with Crippen LogP contribution in [0.5, 0.6) is 0 Å². The highest BCUT2D eigenvalue weighted by Gasteiger charge is 2.16. The first-order valence-corrected chi connectivity index (χ1v) is 9.68. The van der Waals surface area contributed by atoms with Crippen LogP contribution in [0.3, 0.4) is 0 Å². The minimum absolute atomic E-state index is 0.284. The molecule has 142 valence electrons. The Kier molecular flexibility index (Phi) is 5.40. The Hall–Kier alpha value is -3.84. The largest absolute Gasteiger partial charge is 0.321 e. The predicted octanol–water partition coefficient (Wildman–Crippen LogP) is 4.71. The van der Waals surface area contributed by atoms with Crippen molar-refractivity contribution in [3.63, 3.8) is 0 Å². The second-order valence-corrected chi connectivity index (χ2v) is 7.08. The molecule has 4 aromatic rings. The average molecular weight is 400 g/mol. The van der Waals surface area contributed by atoms with Gasteiger partial charge < -0.3 is 5.32 Å². The summed E-state index contributed by atoms with van der Waals surface area (Å²) in [6, 6.07) is 25.3. The van der Waals surface area contributed by atoms with Crippen LogP contribution in [-0.2, 0) is 0 Å². The summed E-state index contributed by atoms with van der Waals surface area (Å²) in [6.45, 7) is 0. The molecule has 0 radical (unpaired) electrons. The van der Waals surface area contributed by atoms with Gasteiger partial charge in [0.1, 0.15) is 5.01 Å². The Morgan fingerprint density at radius 1 is 0.690 bits per heavy atom. The van der Waals surface area contributed by atoms with Crippen LogP contribution in [0.1, 0.15) is 20.7 Å². The number of hydrogen-bond donors (Lipinski definition) is 2. The molecule has 3 aromatic carbocycles. The maximum atomic E-state index is 12.8. The highest BCUT2D eigenvalue weighted by molar-refractivity contribution is 7.18. The van der Waals surface area contributed by atoms with Gasteiger partial charge in [0.15, 0.2) is 0 Å². The number of nitrogens with one attached hydrogen (secondary N) is 2. The molecule has 0 fully saturated rings. The minimum atomic E-state index is -0.371. The van der Waals surface area contributed by atoms with Crippen LogP contribution >= 0.6 is 11.3 Å². The topological polar surface area (TPSA) is 84.0 Å². The summed E-state index contributed by atoms with van der Waals surface area (Å²) in [5, 5.41) is 14.8. The number of anilines is 2. The first kappa shape index (κ1) is 18.5. The zero-order valence-corrected chi connectivity index (χ0v) is 16.0. The van der Waals surface area contributed by atoms with Crippen molar-refractivity contribution in [3.8, 4) is 10.6 Å². The van der Waals surface area contributed by atoms with E-state index in [1.54, 1.807) is 48.5 Å². The van der Waals surface area contributed by atoms with E-state index < -0.39 is 0 Å². The van der Waals surface area contributed by atoms with Gasteiger partial charge in [-0.05, 0) is 24.3 Å². The lowest BCUT2D eigenvalue weighted by Gasteiger charge is -2.10. The molecule has 29 heavy (non-hydrogen) atoms. The molecular formula is C22H16N4O2S. The van der Waals surface area contributed by atoms with E-state index in [1.807, 2.05) is 36.4 Å². The third-order valence-electron chi connectivity index (χ3n) is 4.12. The van der Waals surface area contributed by atoms with Gasteiger partial charge in [-0.1, -0.05) is 72.0 Å². The van der Waals surface area contributed by atoms with Crippen LogP contribution in [0.25, 0.3) is 10.6 Å². The van der Waals surface area contributed by atoms with E-state index in [4.69, 9.17) is 0 Å². The van der Waals surface area contributed by atoms with E-state index in [9.17, 15) is 9.59 Å². The summed E-state index contributed by atoms with van der Waals surface area (Å²) >= 11 is 1.28. The lowest BCUT2D eigenvalue weighted by molar-refractivity contribution is 0.102. The van der Waals surface area contributed by atoms with Gasteiger partial charge in [0, 0.05) is 11.1 Å². The van der Waals surface area contributed by atoms with E-state index in [0.29, 0.717) is 27.0 Å². The van der Waals surface area contributed by atoms with Gasteiger partial charge >= 0.3 is 0 Å². The highest BCUT2D eigenvalue weighted by Crippen LogP contribution is 2.27. The van der Waals surface area contributed by atoms with Crippen LogP contribution in [0.15, 0.2) is 84.9 Å². The van der Waals surface area contributed by atoms with Crippen molar-refractivity contribution in [2.45, 2.75) is 0 Å². The molecule has 0 aliphatic heterocycles. The van der Waals surface area contributed by atoms with Crippen LogP contribution in [0, 0.1) is 0 Å². The fraction of sp³-hybridized carbons (Fsp3) is 0. The van der Waals surface area contributed by atoms with Crippen LogP contribution in [-0.4, -0.2) is 22.0 Å². The summed E-state index contributed by atoms with van der Waals surface area (Å²) in [7, 11) is 0. The number of carbonyl (C=O) groups is 2. The van der Waals surface area contributed by atoms with Crippen molar-refractivity contribution in [2.24, 2.45) is 0 Å². The Morgan fingerprint density at radius 2 is 1.34 bits per heavy atom. The molecule has 1 heterocycles. The smallest absolute Gasteiger partial charge is 0.259 e. The number of carbonyl (C=O) groups excluding carboxylic acids is 2. The second-order valence-electron chi connectivity index (χ2n) is 6.10. The average Bonchev–Trinajstić information content (AvgIpc) is 3.24. The molecule has 2 amide bonds. The number of rotatable bonds is 5. The number of amides is 2. The third-order valence-corrected chi connectivity index (χ3v) is 5.01. The van der Waals surface area contributed by atoms with Gasteiger partial charge in [0.2, 0.25) is 5.13 Å². The summed E-state index contributed by atoms with van der Waals surface area (Å²) in [4.78, 5) is 25.2. The van der Waals surface area contributed by atoms with Crippen molar-refractivity contribution < 1.29 is 9.59 Å². The molecule has 0 spiro atoms. The molecule has 0 saturated carbocycles. The molecule has 0 unspecified atom stereocenters. The van der Waals surface area contributed by atoms with Crippen molar-refractivity contribution in [2.75, 3.05) is 10.6 Å². The summed E-state index contributed by atoms with van der Waals surface area (Å²) in [5.74, 6) is -0.655. The van der Waals surface area contributed by atoms with Crippen molar-refractivity contribution >= 4 is 34.0 Å². The van der Waals surface area contributed by atoms with Gasteiger partial charge in [0.25, 0.3) is 11.8 Å². The molecule has 4 rings (SSSR count). The Balaban J connectivity index is 1.51. The van der Waals surface area contributed by atoms with E-state index >= 15 is 0 Å². The van der Waals surface area contributed by atoms with Crippen LogP contribution in [0.4, 0.5) is 10.8 Å². The Bertz CT molecular complexity index is 1140. The zero-order chi connectivity index (χ0) is 20.1. The third kappa shape index (κ3) is 4.36. The predicted molar refractivity (Wildman–Crippen MR) is 114 cm³/mol. The molecule has 1 aromatic heterocycles. The first-order valence-electron chi connectivity index (χ1n) is 8.86. The molecule has 0 aliphatic carbocycles. The standard InChI is InChI=1S/C22H16N4O2S/c27-19(15-9-3-1-4-10-15)23-18-14-8-7-13-17(18)20(28)24-22-26-25-21(29-22)16-11-5-2-6-12-16/h1-14H,(H,23,27)(H,24,26,28). The lowest BCUT2D eigenvalue weighted by Crippen LogP contribution is -2.18. The van der Waals surface area contributed by atoms with Gasteiger partial charge in [0.05, 0.1) is 11.3 Å². The van der Waals surface area contributed by atoms with Gasteiger partial charge in [-0.15, -0.1) is 10.2 Å². The van der Waals surface area contributed by atoms with E-state index in [-0.39, 0.29) is 11.8 Å². The molecule has 0 atom stereocenters. The highest BCUT2D eigenvalue weighted by atomic mass is 32.1. The maximum Gasteiger partial charge on any atom is 0.259 e. The molecule has 2 N–H and O–H groups in total. The molecule has 0 aliphatic rings. The lowest BCUT2D eigenvalue weighted by atomic mass is 10.1. The molecular weight excluding hydrogens is 384 g/mol. The normalized spacial score (nSPS) is 10.3. The first-order chi connectivity index (χ1) is 14.2. The van der Waals surface area contributed by atoms with Crippen LogP contribution in [0.2, 0.25) is 0 Å². The Morgan fingerprint density at radius 3 is 2.10 bits per heavy atom. The van der Waals surface area contributed by atoms with Crippen LogP contribution < -0.4 is 10.6 Å². The number of nitrogens with zero attached hydrogens (tertiary/aromatic N) is 2. The van der Waals surface area contributed by atoms with E-state index in [2.05, 4.69) is 20.8 Å². The monoisotopic (exact) mass is 400 g/mol. The van der Waals surface area contributed by atoms with E-state index in [0.717, 1.165) is 5.56 Å². The summed E-state index contributed by atoms with van der Waals surface area (Å²) in [6.07, 6.45) is 0. The SMILES string of the molecule is O=C(Nc1ccccc1C(=O)Nc1nnc(-c2ccccc2)s1)c1ccccc1. The summed E-state index contributed by atoms with van der Waals surface area (Å²) in [5.41, 5.74) is 2.21. The van der Waals surface area contributed by atoms with Crippen molar-refractivity contribution in [3.05, 3.63) is 96.1 Å². The van der Waals surface area contributed by atoms with E-state index in [1.165, 1.54) is 11.3 Å². The van der Waals surface area contributed by atoms with Crippen molar-refractivity contribution in [1.82, 2.24) is 10.2 Å². The van der Waals surface area contributed by atoms with Crippen molar-refractivity contribution in [1.29, 1.82) is 0 Å². The molecule has 6 nitrogen and oxygen atoms in total. The number of para-hydroxylation sites is 1. The second kappa shape index (κ2) is 8.45. The van der Waals surface area contributed by atoms with Gasteiger partial charge in [-0.2, -0.15) is 0 Å². The molecule has 7 heteroatoms. The number of benzene rings is 3. The number of aromatic nitrogens is 2. The zero-order valence-electron chi connectivity index (χ0n) is 15.2. The van der Waals surface area contributed by atoms with Gasteiger partial charge in [-0.25, -0.2) is 0 Å². The molecule has 0 saturated heterocycles. The maximum absolute atomic E-state index is 12.8. The van der Waals surface area contributed by atoms with Gasteiger partial charge in [-0.3, -0.25) is 14.9 Å². The molecule has 0 bridgehead atoms. The fourth-order valence-corrected chi connectivity index (χ4v) is 3.45. The number of hydrogen-bond acceptors (Lipinski definition) is 5.